The van der Waals surface area contributed by atoms with E-state index in [0.29, 0.717) is 10.7 Å². The van der Waals surface area contributed by atoms with Crippen LogP contribution in [-0.4, -0.2) is 16.0 Å². The summed E-state index contributed by atoms with van der Waals surface area (Å²) in [4.78, 5) is 18.4. The zero-order valence-electron chi connectivity index (χ0n) is 16.9. The van der Waals surface area contributed by atoms with Crippen LogP contribution in [-0.2, 0) is 4.79 Å². The van der Waals surface area contributed by atoms with Crippen LogP contribution in [0.1, 0.15) is 5.56 Å². The SMILES string of the molecule is N#C/C(=C\c1cc(Cl)c(O)c(Cl)c1)C(=O)Nc1nc(-c2ccccc2)c(-c2ccccc2)s1. The third-order valence-corrected chi connectivity index (χ3v) is 6.24. The molecule has 4 aromatic rings. The third-order valence-electron chi connectivity index (χ3n) is 4.65. The monoisotopic (exact) mass is 491 g/mol. The van der Waals surface area contributed by atoms with Gasteiger partial charge in [0.2, 0.25) is 0 Å². The Bertz CT molecular complexity index is 1310. The summed E-state index contributed by atoms with van der Waals surface area (Å²) in [5.41, 5.74) is 2.87. The van der Waals surface area contributed by atoms with E-state index in [-0.39, 0.29) is 21.4 Å². The van der Waals surface area contributed by atoms with Crippen molar-refractivity contribution in [2.24, 2.45) is 0 Å². The lowest BCUT2D eigenvalue weighted by atomic mass is 10.1. The van der Waals surface area contributed by atoms with Crippen LogP contribution >= 0.6 is 34.5 Å². The van der Waals surface area contributed by atoms with Gasteiger partial charge in [0.05, 0.1) is 20.6 Å². The Hall–Kier alpha value is -3.63. The summed E-state index contributed by atoms with van der Waals surface area (Å²) in [6.07, 6.45) is 1.34. The molecule has 0 bridgehead atoms. The molecule has 0 fully saturated rings. The van der Waals surface area contributed by atoms with Crippen molar-refractivity contribution in [1.82, 2.24) is 4.98 Å². The first kappa shape index (κ1) is 22.6. The number of phenols is 1. The molecule has 0 unspecified atom stereocenters. The van der Waals surface area contributed by atoms with E-state index < -0.39 is 5.91 Å². The summed E-state index contributed by atoms with van der Waals surface area (Å²) in [5.74, 6) is -0.881. The fourth-order valence-electron chi connectivity index (χ4n) is 3.10. The highest BCUT2D eigenvalue weighted by molar-refractivity contribution is 7.19. The van der Waals surface area contributed by atoms with Gasteiger partial charge in [0.15, 0.2) is 10.9 Å². The first-order valence-electron chi connectivity index (χ1n) is 9.69. The van der Waals surface area contributed by atoms with Crippen molar-refractivity contribution in [3.8, 4) is 33.5 Å². The van der Waals surface area contributed by atoms with E-state index in [1.165, 1.54) is 29.5 Å². The Morgan fingerprint density at radius 1 is 1.00 bits per heavy atom. The van der Waals surface area contributed by atoms with Crippen molar-refractivity contribution in [3.63, 3.8) is 0 Å². The number of nitrogens with one attached hydrogen (secondary N) is 1. The van der Waals surface area contributed by atoms with Gasteiger partial charge in [-0.2, -0.15) is 5.26 Å². The number of thiazole rings is 1. The maximum absolute atomic E-state index is 12.8. The topological polar surface area (TPSA) is 86.0 Å². The largest absolute Gasteiger partial charge is 0.505 e. The smallest absolute Gasteiger partial charge is 0.268 e. The minimum Gasteiger partial charge on any atom is -0.505 e. The molecule has 0 radical (unpaired) electrons. The van der Waals surface area contributed by atoms with Crippen LogP contribution in [0.4, 0.5) is 5.13 Å². The zero-order chi connectivity index (χ0) is 23.4. The molecule has 0 saturated carbocycles. The number of halogens is 2. The summed E-state index contributed by atoms with van der Waals surface area (Å²) in [6.45, 7) is 0. The van der Waals surface area contributed by atoms with Crippen LogP contribution in [0.25, 0.3) is 27.8 Å². The standard InChI is InChI=1S/C25H15Cl2N3O2S/c26-19-12-15(13-20(27)22(19)31)11-18(14-28)24(32)30-25-29-21(16-7-3-1-4-8-16)23(33-25)17-9-5-2-6-10-17/h1-13,31H,(H,29,30,32)/b18-11+. The van der Waals surface area contributed by atoms with Gasteiger partial charge in [-0.1, -0.05) is 95.2 Å². The number of carbonyl (C=O) groups excluding carboxylic acids is 1. The van der Waals surface area contributed by atoms with Crippen LogP contribution in [0.2, 0.25) is 10.0 Å². The van der Waals surface area contributed by atoms with E-state index in [9.17, 15) is 15.2 Å². The first-order valence-corrected chi connectivity index (χ1v) is 11.3. The van der Waals surface area contributed by atoms with E-state index in [0.717, 1.165) is 21.7 Å². The highest BCUT2D eigenvalue weighted by atomic mass is 35.5. The number of hydrogen-bond donors (Lipinski definition) is 2. The van der Waals surface area contributed by atoms with Gasteiger partial charge in [0, 0.05) is 5.56 Å². The molecule has 4 rings (SSSR count). The van der Waals surface area contributed by atoms with Gasteiger partial charge in [-0.15, -0.1) is 0 Å². The molecule has 0 aliphatic rings. The lowest BCUT2D eigenvalue weighted by Gasteiger charge is -2.03. The number of anilines is 1. The average Bonchev–Trinajstić information content (AvgIpc) is 3.25. The maximum Gasteiger partial charge on any atom is 0.268 e. The second kappa shape index (κ2) is 9.88. The number of aromatic hydroxyl groups is 1. The van der Waals surface area contributed by atoms with E-state index in [2.05, 4.69) is 10.3 Å². The van der Waals surface area contributed by atoms with E-state index >= 15 is 0 Å². The van der Waals surface area contributed by atoms with Crippen molar-refractivity contribution >= 4 is 51.7 Å². The highest BCUT2D eigenvalue weighted by Crippen LogP contribution is 2.39. The van der Waals surface area contributed by atoms with Gasteiger partial charge >= 0.3 is 0 Å². The second-order valence-electron chi connectivity index (χ2n) is 6.89. The Labute approximate surface area is 204 Å². The fraction of sp³-hybridized carbons (Fsp3) is 0. The normalized spacial score (nSPS) is 11.1. The molecule has 33 heavy (non-hydrogen) atoms. The summed E-state index contributed by atoms with van der Waals surface area (Å²) in [5, 5.41) is 22.4. The molecule has 0 aliphatic carbocycles. The Kier molecular flexibility index (Phi) is 6.76. The van der Waals surface area contributed by atoms with Gasteiger partial charge in [0.1, 0.15) is 11.6 Å². The zero-order valence-corrected chi connectivity index (χ0v) is 19.2. The molecule has 0 aliphatic heterocycles. The Balaban J connectivity index is 1.68. The molecule has 2 N–H and O–H groups in total. The molecule has 0 spiro atoms. The number of carbonyl (C=O) groups is 1. The predicted molar refractivity (Wildman–Crippen MR) is 133 cm³/mol. The van der Waals surface area contributed by atoms with E-state index in [4.69, 9.17) is 23.2 Å². The molecule has 1 heterocycles. The quantitative estimate of drug-likeness (QED) is 0.231. The summed E-state index contributed by atoms with van der Waals surface area (Å²) >= 11 is 13.2. The molecule has 1 aromatic heterocycles. The van der Waals surface area contributed by atoms with Gasteiger partial charge in [-0.3, -0.25) is 10.1 Å². The number of benzene rings is 3. The highest BCUT2D eigenvalue weighted by Gasteiger charge is 2.18. The molecular weight excluding hydrogens is 477 g/mol. The molecule has 162 valence electrons. The van der Waals surface area contributed by atoms with Crippen molar-refractivity contribution in [3.05, 3.63) is 94.0 Å². The van der Waals surface area contributed by atoms with Crippen LogP contribution in [0.5, 0.6) is 5.75 Å². The molecule has 8 heteroatoms. The van der Waals surface area contributed by atoms with E-state index in [1.54, 1.807) is 0 Å². The Morgan fingerprint density at radius 3 is 2.15 bits per heavy atom. The van der Waals surface area contributed by atoms with Gasteiger partial charge in [0.25, 0.3) is 5.91 Å². The van der Waals surface area contributed by atoms with Crippen LogP contribution in [0.3, 0.4) is 0 Å². The molecule has 0 atom stereocenters. The molecule has 5 nitrogen and oxygen atoms in total. The van der Waals surface area contributed by atoms with Crippen LogP contribution < -0.4 is 5.32 Å². The minimum absolute atomic E-state index is 0.0198. The van der Waals surface area contributed by atoms with Crippen molar-refractivity contribution in [2.75, 3.05) is 5.32 Å². The number of amides is 1. The van der Waals surface area contributed by atoms with E-state index in [1.807, 2.05) is 66.7 Å². The van der Waals surface area contributed by atoms with Crippen molar-refractivity contribution < 1.29 is 9.90 Å². The van der Waals surface area contributed by atoms with Crippen molar-refractivity contribution in [2.45, 2.75) is 0 Å². The number of nitrogens with zero attached hydrogens (tertiary/aromatic N) is 2. The fourth-order valence-corrected chi connectivity index (χ4v) is 4.59. The number of rotatable bonds is 5. The number of phenolic OH excluding ortho intramolecular Hbond substituents is 1. The third kappa shape index (κ3) is 5.07. The van der Waals surface area contributed by atoms with Gasteiger partial charge in [-0.05, 0) is 29.3 Å². The number of hydrogen-bond acceptors (Lipinski definition) is 5. The summed E-state index contributed by atoms with van der Waals surface area (Å²) < 4.78 is 0. The van der Waals surface area contributed by atoms with Crippen LogP contribution in [0, 0.1) is 11.3 Å². The van der Waals surface area contributed by atoms with Gasteiger partial charge < -0.3 is 5.11 Å². The lowest BCUT2D eigenvalue weighted by molar-refractivity contribution is -0.112. The average molecular weight is 492 g/mol. The molecule has 3 aromatic carbocycles. The minimum atomic E-state index is -0.620. The molecule has 1 amide bonds. The number of aromatic nitrogens is 1. The molecular formula is C25H15Cl2N3O2S. The summed E-state index contributed by atoms with van der Waals surface area (Å²) in [7, 11) is 0. The first-order chi connectivity index (χ1) is 16.0. The maximum atomic E-state index is 12.8. The lowest BCUT2D eigenvalue weighted by Crippen LogP contribution is -2.13. The predicted octanol–water partition coefficient (Wildman–Crippen LogP) is 7.04. The summed E-state index contributed by atoms with van der Waals surface area (Å²) in [6, 6.07) is 24.1. The number of nitriles is 1. The van der Waals surface area contributed by atoms with Gasteiger partial charge in [-0.25, -0.2) is 4.98 Å². The molecule has 0 saturated heterocycles. The van der Waals surface area contributed by atoms with Crippen molar-refractivity contribution in [1.29, 1.82) is 5.26 Å². The second-order valence-corrected chi connectivity index (χ2v) is 8.70. The Morgan fingerprint density at radius 2 is 1.58 bits per heavy atom. The van der Waals surface area contributed by atoms with Crippen LogP contribution in [0.15, 0.2) is 78.4 Å².